The molecule has 0 saturated heterocycles. The minimum Gasteiger partial charge on any atom is -0.480 e. The molecule has 2 N–H and O–H groups in total. The lowest BCUT2D eigenvalue weighted by Crippen LogP contribution is -2.44. The lowest BCUT2D eigenvalue weighted by molar-refractivity contribution is -0.159. The molecule has 1 atom stereocenters. The van der Waals surface area contributed by atoms with Crippen LogP contribution in [0.2, 0.25) is 0 Å². The number of hydrogen-bond donors (Lipinski definition) is 2. The van der Waals surface area contributed by atoms with Gasteiger partial charge in [0.1, 0.15) is 6.04 Å². The van der Waals surface area contributed by atoms with Gasteiger partial charge < -0.3 is 10.4 Å². The Balaban J connectivity index is 2.65. The van der Waals surface area contributed by atoms with Gasteiger partial charge in [-0.25, -0.2) is 4.79 Å². The first-order valence-electron chi connectivity index (χ1n) is 5.51. The molecule has 0 aliphatic rings. The van der Waals surface area contributed by atoms with Crippen LogP contribution in [0.25, 0.3) is 0 Å². The first kappa shape index (κ1) is 16.5. The van der Waals surface area contributed by atoms with Crippen molar-refractivity contribution in [2.45, 2.75) is 25.1 Å². The Kier molecular flexibility index (Phi) is 5.55. The van der Waals surface area contributed by atoms with Crippen LogP contribution in [0.5, 0.6) is 0 Å². The number of hydrogen-bond acceptors (Lipinski definition) is 2. The molecule has 0 aromatic heterocycles. The van der Waals surface area contributed by atoms with Gasteiger partial charge in [0, 0.05) is 4.47 Å². The Morgan fingerprint density at radius 1 is 1.35 bits per heavy atom. The second-order valence-electron chi connectivity index (χ2n) is 4.08. The fourth-order valence-corrected chi connectivity index (χ4v) is 1.96. The molecule has 1 aromatic rings. The maximum atomic E-state index is 12.2. The number of carbonyl (C=O) groups excluding carboxylic acids is 1. The molecule has 1 rings (SSSR count). The van der Waals surface area contributed by atoms with Gasteiger partial charge in [0.05, 0.1) is 12.8 Å². The molecule has 1 unspecified atom stereocenters. The maximum absolute atomic E-state index is 12.2. The van der Waals surface area contributed by atoms with Crippen molar-refractivity contribution < 1.29 is 27.9 Å². The molecule has 8 heteroatoms. The second-order valence-corrected chi connectivity index (χ2v) is 5.00. The summed E-state index contributed by atoms with van der Waals surface area (Å²) in [5.74, 6) is -2.50. The summed E-state index contributed by atoms with van der Waals surface area (Å²) in [5.41, 5.74) is 0.563. The van der Waals surface area contributed by atoms with E-state index in [-0.39, 0.29) is 6.42 Å². The fraction of sp³-hybridized carbons (Fsp3) is 0.333. The molecular formula is C12H11BrF3NO3. The smallest absolute Gasteiger partial charge is 0.391 e. The lowest BCUT2D eigenvalue weighted by atomic mass is 10.1. The third-order valence-corrected chi connectivity index (χ3v) is 2.82. The summed E-state index contributed by atoms with van der Waals surface area (Å²) in [4.78, 5) is 22.3. The number of benzene rings is 1. The predicted molar refractivity (Wildman–Crippen MR) is 68.1 cm³/mol. The van der Waals surface area contributed by atoms with Gasteiger partial charge in [-0.05, 0) is 17.7 Å². The molecule has 0 aliphatic carbocycles. The van der Waals surface area contributed by atoms with Crippen molar-refractivity contribution >= 4 is 27.8 Å². The van der Waals surface area contributed by atoms with Gasteiger partial charge in [0.2, 0.25) is 5.91 Å². The first-order valence-corrected chi connectivity index (χ1v) is 6.30. The summed E-state index contributed by atoms with van der Waals surface area (Å²) < 4.78 is 37.2. The number of carboxylic acids is 1. The van der Waals surface area contributed by atoms with Gasteiger partial charge in [-0.15, -0.1) is 0 Å². The van der Waals surface area contributed by atoms with Crippen LogP contribution in [0.4, 0.5) is 13.2 Å². The number of carbonyl (C=O) groups is 2. The normalized spacial score (nSPS) is 12.8. The topological polar surface area (TPSA) is 66.4 Å². The van der Waals surface area contributed by atoms with Crippen LogP contribution < -0.4 is 5.32 Å². The molecule has 110 valence electrons. The standard InChI is InChI=1S/C12H11BrF3NO3/c13-8-3-1-2-7(4-8)5-10(18)17-9(11(19)20)6-12(14,15)16/h1-4,9H,5-6H2,(H,17,18)(H,19,20). The van der Waals surface area contributed by atoms with Gasteiger partial charge in [-0.2, -0.15) is 13.2 Å². The molecule has 0 bridgehead atoms. The van der Waals surface area contributed by atoms with Gasteiger partial charge in [0.25, 0.3) is 0 Å². The summed E-state index contributed by atoms with van der Waals surface area (Å²) in [6.07, 6.45) is -6.46. The van der Waals surface area contributed by atoms with E-state index >= 15 is 0 Å². The van der Waals surface area contributed by atoms with Crippen LogP contribution in [-0.2, 0) is 16.0 Å². The average molecular weight is 354 g/mol. The minimum atomic E-state index is -4.66. The van der Waals surface area contributed by atoms with E-state index in [1.807, 2.05) is 5.32 Å². The van der Waals surface area contributed by atoms with Crippen LogP contribution in [0.15, 0.2) is 28.7 Å². The number of nitrogens with one attached hydrogen (secondary N) is 1. The van der Waals surface area contributed by atoms with Crippen molar-refractivity contribution in [3.63, 3.8) is 0 Å². The number of halogens is 4. The first-order chi connectivity index (χ1) is 9.17. The highest BCUT2D eigenvalue weighted by atomic mass is 79.9. The monoisotopic (exact) mass is 353 g/mol. The summed E-state index contributed by atoms with van der Waals surface area (Å²) >= 11 is 3.19. The molecule has 20 heavy (non-hydrogen) atoms. The van der Waals surface area contributed by atoms with Gasteiger partial charge in [-0.1, -0.05) is 28.1 Å². The number of amides is 1. The van der Waals surface area contributed by atoms with Crippen LogP contribution >= 0.6 is 15.9 Å². The summed E-state index contributed by atoms with van der Waals surface area (Å²) in [7, 11) is 0. The molecule has 4 nitrogen and oxygen atoms in total. The van der Waals surface area contributed by atoms with E-state index in [0.29, 0.717) is 10.0 Å². The Hall–Kier alpha value is -1.57. The molecule has 0 heterocycles. The quantitative estimate of drug-likeness (QED) is 0.854. The van der Waals surface area contributed by atoms with E-state index in [2.05, 4.69) is 15.9 Å². The third kappa shape index (κ3) is 6.05. The largest absolute Gasteiger partial charge is 0.480 e. The zero-order valence-corrected chi connectivity index (χ0v) is 11.7. The van der Waals surface area contributed by atoms with Crippen molar-refractivity contribution in [3.8, 4) is 0 Å². The van der Waals surface area contributed by atoms with Crippen molar-refractivity contribution in [3.05, 3.63) is 34.3 Å². The Bertz CT molecular complexity index is 505. The number of aliphatic carboxylic acids is 1. The highest BCUT2D eigenvalue weighted by Gasteiger charge is 2.36. The minimum absolute atomic E-state index is 0.193. The summed E-state index contributed by atoms with van der Waals surface area (Å²) in [6, 6.07) is 4.65. The number of rotatable bonds is 5. The van der Waals surface area contributed by atoms with E-state index in [9.17, 15) is 22.8 Å². The fourth-order valence-electron chi connectivity index (χ4n) is 1.51. The van der Waals surface area contributed by atoms with Crippen molar-refractivity contribution in [1.82, 2.24) is 5.32 Å². The van der Waals surface area contributed by atoms with Crippen molar-refractivity contribution in [2.75, 3.05) is 0 Å². The van der Waals surface area contributed by atoms with Crippen LogP contribution in [-0.4, -0.2) is 29.2 Å². The second kappa shape index (κ2) is 6.74. The van der Waals surface area contributed by atoms with Crippen molar-refractivity contribution in [1.29, 1.82) is 0 Å². The van der Waals surface area contributed by atoms with Gasteiger partial charge >= 0.3 is 12.1 Å². The van der Waals surface area contributed by atoms with E-state index < -0.39 is 30.5 Å². The zero-order valence-electron chi connectivity index (χ0n) is 10.1. The number of carboxylic acid groups (broad SMARTS) is 1. The van der Waals surface area contributed by atoms with E-state index in [0.717, 1.165) is 0 Å². The van der Waals surface area contributed by atoms with Gasteiger partial charge in [-0.3, -0.25) is 4.79 Å². The summed E-state index contributed by atoms with van der Waals surface area (Å²) in [5, 5.41) is 10.5. The van der Waals surface area contributed by atoms with E-state index in [1.165, 1.54) is 0 Å². The Labute approximate surface area is 121 Å². The molecule has 1 amide bonds. The van der Waals surface area contributed by atoms with Crippen molar-refractivity contribution in [2.24, 2.45) is 0 Å². The molecule has 0 radical (unpaired) electrons. The Morgan fingerprint density at radius 3 is 2.50 bits per heavy atom. The van der Waals surface area contributed by atoms with Crippen LogP contribution in [0.1, 0.15) is 12.0 Å². The van der Waals surface area contributed by atoms with E-state index in [1.54, 1.807) is 24.3 Å². The lowest BCUT2D eigenvalue weighted by Gasteiger charge is -2.16. The zero-order chi connectivity index (χ0) is 15.3. The summed E-state index contributed by atoms with van der Waals surface area (Å²) in [6.45, 7) is 0. The molecule has 0 aliphatic heterocycles. The van der Waals surface area contributed by atoms with Crippen LogP contribution in [0.3, 0.4) is 0 Å². The van der Waals surface area contributed by atoms with Gasteiger partial charge in [0.15, 0.2) is 0 Å². The number of alkyl halides is 3. The van der Waals surface area contributed by atoms with Crippen LogP contribution in [0, 0.1) is 0 Å². The Morgan fingerprint density at radius 2 is 2.00 bits per heavy atom. The SMILES string of the molecule is O=C(Cc1cccc(Br)c1)NC(CC(F)(F)F)C(=O)O. The maximum Gasteiger partial charge on any atom is 0.391 e. The molecule has 1 aromatic carbocycles. The molecule has 0 fully saturated rings. The average Bonchev–Trinajstić information content (AvgIpc) is 2.25. The molecular weight excluding hydrogens is 343 g/mol. The highest BCUT2D eigenvalue weighted by molar-refractivity contribution is 9.10. The molecule has 0 spiro atoms. The third-order valence-electron chi connectivity index (χ3n) is 2.32. The predicted octanol–water partition coefficient (Wildman–Crippen LogP) is 2.51. The van der Waals surface area contributed by atoms with E-state index in [4.69, 9.17) is 5.11 Å². The molecule has 0 saturated carbocycles. The highest BCUT2D eigenvalue weighted by Crippen LogP contribution is 2.21.